The van der Waals surface area contributed by atoms with Crippen LogP contribution in [-0.2, 0) is 0 Å². The van der Waals surface area contributed by atoms with Gasteiger partial charge < -0.3 is 10.8 Å². The van der Waals surface area contributed by atoms with Crippen LogP contribution in [-0.4, -0.2) is 21.8 Å². The van der Waals surface area contributed by atoms with E-state index in [-0.39, 0.29) is 0 Å². The van der Waals surface area contributed by atoms with Crippen molar-refractivity contribution >= 4 is 0 Å². The summed E-state index contributed by atoms with van der Waals surface area (Å²) in [6.45, 7) is 0.510. The van der Waals surface area contributed by atoms with E-state index >= 15 is 0 Å². The van der Waals surface area contributed by atoms with Gasteiger partial charge in [-0.3, -0.25) is 5.10 Å². The van der Waals surface area contributed by atoms with E-state index in [0.29, 0.717) is 18.9 Å². The first-order valence-electron chi connectivity index (χ1n) is 4.74. The van der Waals surface area contributed by atoms with Crippen LogP contribution in [0.4, 0.5) is 0 Å². The number of nitrogens with zero attached hydrogens (tertiary/aromatic N) is 1. The van der Waals surface area contributed by atoms with Crippen molar-refractivity contribution in [3.8, 4) is 0 Å². The SMILES string of the molecule is NCCC(O)c1cn[nH]c1C1CC1. The highest BCUT2D eigenvalue weighted by Gasteiger charge is 2.29. The molecule has 0 spiro atoms. The second-order valence-corrected chi connectivity index (χ2v) is 3.61. The van der Waals surface area contributed by atoms with Crippen LogP contribution >= 0.6 is 0 Å². The maximum absolute atomic E-state index is 9.73. The fraction of sp³-hybridized carbons (Fsp3) is 0.667. The number of aliphatic hydroxyl groups excluding tert-OH is 1. The van der Waals surface area contributed by atoms with Gasteiger partial charge in [0, 0.05) is 17.2 Å². The van der Waals surface area contributed by atoms with Crippen LogP contribution in [0.3, 0.4) is 0 Å². The summed E-state index contributed by atoms with van der Waals surface area (Å²) >= 11 is 0. The molecule has 13 heavy (non-hydrogen) atoms. The molecule has 1 aromatic rings. The predicted octanol–water partition coefficient (Wildman–Crippen LogP) is 0.669. The van der Waals surface area contributed by atoms with E-state index in [4.69, 9.17) is 5.73 Å². The van der Waals surface area contributed by atoms with Crippen molar-refractivity contribution in [1.82, 2.24) is 10.2 Å². The molecule has 4 N–H and O–H groups in total. The van der Waals surface area contributed by atoms with Gasteiger partial charge in [-0.15, -0.1) is 0 Å². The van der Waals surface area contributed by atoms with E-state index in [9.17, 15) is 5.11 Å². The van der Waals surface area contributed by atoms with Gasteiger partial charge in [-0.05, 0) is 25.8 Å². The molecule has 0 aliphatic heterocycles. The average Bonchev–Trinajstić information content (AvgIpc) is 2.84. The second-order valence-electron chi connectivity index (χ2n) is 3.61. The Morgan fingerprint density at radius 3 is 3.08 bits per heavy atom. The highest BCUT2D eigenvalue weighted by Crippen LogP contribution is 2.41. The zero-order chi connectivity index (χ0) is 9.26. The van der Waals surface area contributed by atoms with Gasteiger partial charge in [-0.25, -0.2) is 0 Å². The van der Waals surface area contributed by atoms with Crippen LogP contribution in [0.2, 0.25) is 0 Å². The molecule has 1 heterocycles. The van der Waals surface area contributed by atoms with E-state index in [2.05, 4.69) is 10.2 Å². The summed E-state index contributed by atoms with van der Waals surface area (Å²) in [5.41, 5.74) is 7.44. The second kappa shape index (κ2) is 3.47. The van der Waals surface area contributed by atoms with Crippen LogP contribution in [0.25, 0.3) is 0 Å². The third-order valence-corrected chi connectivity index (χ3v) is 2.48. The van der Waals surface area contributed by atoms with Crippen LogP contribution in [0, 0.1) is 0 Å². The molecule has 0 saturated heterocycles. The topological polar surface area (TPSA) is 74.9 Å². The summed E-state index contributed by atoms with van der Waals surface area (Å²) in [4.78, 5) is 0. The zero-order valence-electron chi connectivity index (χ0n) is 7.53. The minimum atomic E-state index is -0.445. The van der Waals surface area contributed by atoms with Gasteiger partial charge in [0.1, 0.15) is 0 Å². The lowest BCUT2D eigenvalue weighted by molar-refractivity contribution is 0.169. The maximum atomic E-state index is 9.73. The Balaban J connectivity index is 2.13. The quantitative estimate of drug-likeness (QED) is 0.639. The molecule has 1 atom stereocenters. The number of hydrogen-bond donors (Lipinski definition) is 3. The van der Waals surface area contributed by atoms with E-state index < -0.39 is 6.10 Å². The van der Waals surface area contributed by atoms with Gasteiger partial charge >= 0.3 is 0 Å². The van der Waals surface area contributed by atoms with Crippen molar-refractivity contribution in [2.45, 2.75) is 31.3 Å². The van der Waals surface area contributed by atoms with Crippen molar-refractivity contribution in [3.05, 3.63) is 17.5 Å². The fourth-order valence-corrected chi connectivity index (χ4v) is 1.58. The summed E-state index contributed by atoms with van der Waals surface area (Å²) in [5, 5.41) is 16.6. The van der Waals surface area contributed by atoms with E-state index in [0.717, 1.165) is 11.3 Å². The Kier molecular flexibility index (Phi) is 2.33. The van der Waals surface area contributed by atoms with Crippen molar-refractivity contribution in [3.63, 3.8) is 0 Å². The molecule has 1 saturated carbocycles. The fourth-order valence-electron chi connectivity index (χ4n) is 1.58. The summed E-state index contributed by atoms with van der Waals surface area (Å²) < 4.78 is 0. The first kappa shape index (κ1) is 8.72. The molecule has 1 aromatic heterocycles. The monoisotopic (exact) mass is 181 g/mol. The number of aromatic nitrogens is 2. The van der Waals surface area contributed by atoms with Crippen molar-refractivity contribution in [2.24, 2.45) is 5.73 Å². The molecular weight excluding hydrogens is 166 g/mol. The molecule has 1 aliphatic rings. The van der Waals surface area contributed by atoms with E-state index in [1.54, 1.807) is 6.20 Å². The number of aliphatic hydroxyl groups is 1. The molecular formula is C9H15N3O. The molecule has 1 fully saturated rings. The maximum Gasteiger partial charge on any atom is 0.0835 e. The largest absolute Gasteiger partial charge is 0.388 e. The van der Waals surface area contributed by atoms with Crippen LogP contribution in [0.15, 0.2) is 6.20 Å². The Hall–Kier alpha value is -0.870. The number of rotatable bonds is 4. The Morgan fingerprint density at radius 1 is 1.69 bits per heavy atom. The van der Waals surface area contributed by atoms with Gasteiger partial charge in [0.25, 0.3) is 0 Å². The Bertz CT molecular complexity index is 280. The molecule has 2 rings (SSSR count). The van der Waals surface area contributed by atoms with Crippen molar-refractivity contribution in [1.29, 1.82) is 0 Å². The highest BCUT2D eigenvalue weighted by atomic mass is 16.3. The molecule has 0 radical (unpaired) electrons. The molecule has 4 nitrogen and oxygen atoms in total. The molecule has 1 aliphatic carbocycles. The standard InChI is InChI=1S/C9H15N3O/c10-4-3-8(13)7-5-11-12-9(7)6-1-2-6/h5-6,8,13H,1-4,10H2,(H,11,12). The summed E-state index contributed by atoms with van der Waals surface area (Å²) in [6.07, 6.45) is 4.31. The van der Waals surface area contributed by atoms with Crippen LogP contribution < -0.4 is 5.73 Å². The normalized spacial score (nSPS) is 18.9. The molecule has 0 bridgehead atoms. The lowest BCUT2D eigenvalue weighted by Crippen LogP contribution is -2.07. The van der Waals surface area contributed by atoms with Crippen molar-refractivity contribution < 1.29 is 5.11 Å². The van der Waals surface area contributed by atoms with E-state index in [1.807, 2.05) is 0 Å². The van der Waals surface area contributed by atoms with Crippen LogP contribution in [0.1, 0.15) is 42.5 Å². The number of aromatic amines is 1. The first-order chi connectivity index (χ1) is 6.33. The highest BCUT2D eigenvalue weighted by molar-refractivity contribution is 5.26. The van der Waals surface area contributed by atoms with Crippen LogP contribution in [0.5, 0.6) is 0 Å². The average molecular weight is 181 g/mol. The lowest BCUT2D eigenvalue weighted by Gasteiger charge is -2.08. The summed E-state index contributed by atoms with van der Waals surface area (Å²) in [7, 11) is 0. The van der Waals surface area contributed by atoms with E-state index in [1.165, 1.54) is 12.8 Å². The van der Waals surface area contributed by atoms with Gasteiger partial charge in [0.2, 0.25) is 0 Å². The Labute approximate surface area is 77.1 Å². The third-order valence-electron chi connectivity index (χ3n) is 2.48. The predicted molar refractivity (Wildman–Crippen MR) is 49.2 cm³/mol. The summed E-state index contributed by atoms with van der Waals surface area (Å²) in [6, 6.07) is 0. The number of nitrogens with one attached hydrogen (secondary N) is 1. The minimum Gasteiger partial charge on any atom is -0.388 e. The Morgan fingerprint density at radius 2 is 2.46 bits per heavy atom. The first-order valence-corrected chi connectivity index (χ1v) is 4.74. The van der Waals surface area contributed by atoms with Gasteiger partial charge in [0.15, 0.2) is 0 Å². The zero-order valence-corrected chi connectivity index (χ0v) is 7.53. The lowest BCUT2D eigenvalue weighted by atomic mass is 10.1. The summed E-state index contributed by atoms with van der Waals surface area (Å²) in [5.74, 6) is 0.602. The van der Waals surface area contributed by atoms with Crippen molar-refractivity contribution in [2.75, 3.05) is 6.54 Å². The van der Waals surface area contributed by atoms with Gasteiger partial charge in [-0.1, -0.05) is 0 Å². The molecule has 0 amide bonds. The minimum absolute atomic E-state index is 0.445. The molecule has 72 valence electrons. The molecule has 0 aromatic carbocycles. The molecule has 4 heteroatoms. The smallest absolute Gasteiger partial charge is 0.0835 e. The number of hydrogen-bond acceptors (Lipinski definition) is 3. The van der Waals surface area contributed by atoms with Gasteiger partial charge in [0.05, 0.1) is 12.3 Å². The third kappa shape index (κ3) is 1.73. The van der Waals surface area contributed by atoms with Gasteiger partial charge in [-0.2, -0.15) is 5.10 Å². The number of H-pyrrole nitrogens is 1. The molecule has 1 unspecified atom stereocenters. The number of nitrogens with two attached hydrogens (primary N) is 1.